The predicted molar refractivity (Wildman–Crippen MR) is 75.0 cm³/mol. The fourth-order valence-electron chi connectivity index (χ4n) is 4.33. The summed E-state index contributed by atoms with van der Waals surface area (Å²) in [4.78, 5) is 2.52. The zero-order valence-electron chi connectivity index (χ0n) is 12.0. The Morgan fingerprint density at radius 1 is 0.947 bits per heavy atom. The highest BCUT2D eigenvalue weighted by Crippen LogP contribution is 2.50. The topological polar surface area (TPSA) is 47.7 Å². The second-order valence-electron chi connectivity index (χ2n) is 6.52. The molecule has 0 aromatic heterocycles. The van der Waals surface area contributed by atoms with Gasteiger partial charge >= 0.3 is 0 Å². The van der Waals surface area contributed by atoms with E-state index in [4.69, 9.17) is 15.2 Å². The average Bonchev–Trinajstić information content (AvgIpc) is 2.41. The van der Waals surface area contributed by atoms with Crippen LogP contribution in [0, 0.1) is 17.3 Å². The summed E-state index contributed by atoms with van der Waals surface area (Å²) in [6, 6.07) is 0. The molecule has 0 aromatic rings. The summed E-state index contributed by atoms with van der Waals surface area (Å²) in [6.45, 7) is 8.22. The van der Waals surface area contributed by atoms with Crippen LogP contribution in [-0.4, -0.2) is 57.5 Å². The number of hydrogen-bond donors (Lipinski definition) is 1. The lowest BCUT2D eigenvalue weighted by atomic mass is 9.60. The first-order valence-electron chi connectivity index (χ1n) is 7.93. The van der Waals surface area contributed by atoms with Crippen molar-refractivity contribution in [2.75, 3.05) is 52.6 Å². The van der Waals surface area contributed by atoms with Crippen molar-refractivity contribution in [1.82, 2.24) is 4.90 Å². The number of hydrogen-bond acceptors (Lipinski definition) is 4. The molecule has 0 aromatic carbocycles. The van der Waals surface area contributed by atoms with Gasteiger partial charge in [0, 0.05) is 31.7 Å². The molecule has 3 heterocycles. The maximum absolute atomic E-state index is 5.66. The third-order valence-electron chi connectivity index (χ3n) is 5.62. The summed E-state index contributed by atoms with van der Waals surface area (Å²) < 4.78 is 11.2. The van der Waals surface area contributed by atoms with Crippen molar-refractivity contribution in [2.24, 2.45) is 23.0 Å². The lowest BCUT2D eigenvalue weighted by Crippen LogP contribution is -2.57. The second-order valence-corrected chi connectivity index (χ2v) is 6.52. The van der Waals surface area contributed by atoms with Crippen LogP contribution < -0.4 is 5.73 Å². The van der Waals surface area contributed by atoms with Gasteiger partial charge in [-0.1, -0.05) is 0 Å². The van der Waals surface area contributed by atoms with Crippen LogP contribution in [0.4, 0.5) is 0 Å². The average molecular weight is 268 g/mol. The number of nitrogens with two attached hydrogens (primary N) is 1. The summed E-state index contributed by atoms with van der Waals surface area (Å²) in [5.74, 6) is 1.69. The SMILES string of the molecule is NCCN1CCC(C2(C3CCOCC3)COC2)CC1. The van der Waals surface area contributed by atoms with Gasteiger partial charge in [-0.2, -0.15) is 0 Å². The van der Waals surface area contributed by atoms with Gasteiger partial charge in [0.1, 0.15) is 0 Å². The Hall–Kier alpha value is -0.160. The molecule has 0 amide bonds. The number of likely N-dealkylation sites (tertiary alicyclic amines) is 1. The molecule has 3 aliphatic rings. The van der Waals surface area contributed by atoms with Crippen LogP contribution in [0.25, 0.3) is 0 Å². The van der Waals surface area contributed by atoms with Gasteiger partial charge in [0.2, 0.25) is 0 Å². The van der Waals surface area contributed by atoms with Crippen LogP contribution in [0.2, 0.25) is 0 Å². The molecule has 3 aliphatic heterocycles. The Morgan fingerprint density at radius 2 is 1.58 bits per heavy atom. The molecule has 0 spiro atoms. The van der Waals surface area contributed by atoms with Crippen molar-refractivity contribution in [3.63, 3.8) is 0 Å². The van der Waals surface area contributed by atoms with Gasteiger partial charge in [-0.3, -0.25) is 0 Å². The van der Waals surface area contributed by atoms with Crippen molar-refractivity contribution in [2.45, 2.75) is 25.7 Å². The van der Waals surface area contributed by atoms with Crippen LogP contribution in [0.5, 0.6) is 0 Å². The van der Waals surface area contributed by atoms with E-state index < -0.39 is 0 Å². The molecule has 0 saturated carbocycles. The molecule has 3 rings (SSSR count). The molecule has 0 radical (unpaired) electrons. The number of rotatable bonds is 4. The van der Waals surface area contributed by atoms with Gasteiger partial charge in [-0.05, 0) is 50.6 Å². The fraction of sp³-hybridized carbons (Fsp3) is 1.00. The molecule has 4 nitrogen and oxygen atoms in total. The standard InChI is InChI=1S/C15H28N2O2/c16-5-8-17-6-1-13(2-7-17)15(11-19-12-15)14-3-9-18-10-4-14/h13-14H,1-12,16H2. The van der Waals surface area contributed by atoms with Crippen molar-refractivity contribution in [1.29, 1.82) is 0 Å². The van der Waals surface area contributed by atoms with Crippen LogP contribution in [0.3, 0.4) is 0 Å². The number of piperidine rings is 1. The van der Waals surface area contributed by atoms with Crippen molar-refractivity contribution in [3.05, 3.63) is 0 Å². The minimum Gasteiger partial charge on any atom is -0.381 e. The largest absolute Gasteiger partial charge is 0.381 e. The maximum Gasteiger partial charge on any atom is 0.0550 e. The van der Waals surface area contributed by atoms with Crippen LogP contribution in [-0.2, 0) is 9.47 Å². The number of ether oxygens (including phenoxy) is 2. The van der Waals surface area contributed by atoms with Gasteiger partial charge < -0.3 is 20.1 Å². The van der Waals surface area contributed by atoms with E-state index in [0.717, 1.165) is 51.4 Å². The van der Waals surface area contributed by atoms with Crippen LogP contribution in [0.1, 0.15) is 25.7 Å². The Labute approximate surface area is 116 Å². The molecule has 2 N–H and O–H groups in total. The molecule has 0 bridgehead atoms. The van der Waals surface area contributed by atoms with Gasteiger partial charge in [-0.25, -0.2) is 0 Å². The van der Waals surface area contributed by atoms with Gasteiger partial charge in [0.15, 0.2) is 0 Å². The van der Waals surface area contributed by atoms with Gasteiger partial charge in [0.05, 0.1) is 13.2 Å². The monoisotopic (exact) mass is 268 g/mol. The highest BCUT2D eigenvalue weighted by atomic mass is 16.5. The first-order chi connectivity index (χ1) is 9.35. The number of nitrogens with zero attached hydrogens (tertiary/aromatic N) is 1. The predicted octanol–water partition coefficient (Wildman–Crippen LogP) is 1.10. The summed E-state index contributed by atoms with van der Waals surface area (Å²) in [6.07, 6.45) is 5.15. The first-order valence-corrected chi connectivity index (χ1v) is 7.93. The molecule has 19 heavy (non-hydrogen) atoms. The smallest absolute Gasteiger partial charge is 0.0550 e. The van der Waals surface area contributed by atoms with Gasteiger partial charge in [0.25, 0.3) is 0 Å². The lowest BCUT2D eigenvalue weighted by Gasteiger charge is -2.55. The quantitative estimate of drug-likeness (QED) is 0.829. The summed E-state index contributed by atoms with van der Waals surface area (Å²) in [5.41, 5.74) is 6.14. The third kappa shape index (κ3) is 2.68. The second kappa shape index (κ2) is 6.08. The molecule has 0 unspecified atom stereocenters. The Kier molecular flexibility index (Phi) is 4.42. The minimum absolute atomic E-state index is 0.485. The maximum atomic E-state index is 5.66. The normalized spacial score (nSPS) is 30.2. The Balaban J connectivity index is 1.59. The third-order valence-corrected chi connectivity index (χ3v) is 5.62. The van der Waals surface area contributed by atoms with Crippen molar-refractivity contribution in [3.8, 4) is 0 Å². The van der Waals surface area contributed by atoms with Crippen LogP contribution in [0.15, 0.2) is 0 Å². The van der Waals surface area contributed by atoms with Crippen molar-refractivity contribution >= 4 is 0 Å². The Bertz CT molecular complexity index is 280. The van der Waals surface area contributed by atoms with E-state index in [1.54, 1.807) is 0 Å². The molecular weight excluding hydrogens is 240 g/mol. The van der Waals surface area contributed by atoms with Crippen molar-refractivity contribution < 1.29 is 9.47 Å². The zero-order valence-corrected chi connectivity index (χ0v) is 12.0. The summed E-state index contributed by atoms with van der Waals surface area (Å²) in [5, 5.41) is 0. The molecule has 0 atom stereocenters. The Morgan fingerprint density at radius 3 is 2.11 bits per heavy atom. The lowest BCUT2D eigenvalue weighted by molar-refractivity contribution is -0.200. The first kappa shape index (κ1) is 13.8. The summed E-state index contributed by atoms with van der Waals surface area (Å²) in [7, 11) is 0. The zero-order chi connectivity index (χ0) is 13.1. The fourth-order valence-corrected chi connectivity index (χ4v) is 4.33. The van der Waals surface area contributed by atoms with E-state index in [0.29, 0.717) is 5.41 Å². The van der Waals surface area contributed by atoms with E-state index >= 15 is 0 Å². The van der Waals surface area contributed by atoms with E-state index in [9.17, 15) is 0 Å². The molecule has 0 aliphatic carbocycles. The molecule has 3 saturated heterocycles. The molecule has 3 fully saturated rings. The molecular formula is C15H28N2O2. The van der Waals surface area contributed by atoms with E-state index in [2.05, 4.69) is 4.90 Å². The van der Waals surface area contributed by atoms with E-state index in [1.165, 1.54) is 38.8 Å². The summed E-state index contributed by atoms with van der Waals surface area (Å²) >= 11 is 0. The minimum atomic E-state index is 0.485. The molecule has 110 valence electrons. The van der Waals surface area contributed by atoms with E-state index in [1.807, 2.05) is 0 Å². The van der Waals surface area contributed by atoms with Gasteiger partial charge in [-0.15, -0.1) is 0 Å². The highest BCUT2D eigenvalue weighted by Gasteiger charge is 2.51. The molecule has 4 heteroatoms. The van der Waals surface area contributed by atoms with E-state index in [-0.39, 0.29) is 0 Å². The highest BCUT2D eigenvalue weighted by molar-refractivity contribution is 4.99. The van der Waals surface area contributed by atoms with Crippen LogP contribution >= 0.6 is 0 Å².